The fourth-order valence-corrected chi connectivity index (χ4v) is 3.34. The van der Waals surface area contributed by atoms with E-state index >= 15 is 0 Å². The topological polar surface area (TPSA) is 26.0 Å². The molecule has 2 N–H and O–H groups in total. The van der Waals surface area contributed by atoms with Gasteiger partial charge in [0.05, 0.1) is 0 Å². The first kappa shape index (κ1) is 14.5. The summed E-state index contributed by atoms with van der Waals surface area (Å²) in [7, 11) is 0. The van der Waals surface area contributed by atoms with E-state index in [0.29, 0.717) is 5.41 Å². The van der Waals surface area contributed by atoms with Crippen molar-refractivity contribution in [1.29, 1.82) is 0 Å². The van der Waals surface area contributed by atoms with Gasteiger partial charge < -0.3 is 5.73 Å². The predicted molar refractivity (Wildman–Crippen MR) is 85.6 cm³/mol. The second-order valence-electron chi connectivity index (χ2n) is 6.89. The molecule has 0 heterocycles. The number of nitrogen functional groups attached to an aromatic ring is 1. The van der Waals surface area contributed by atoms with Crippen LogP contribution < -0.4 is 5.73 Å². The van der Waals surface area contributed by atoms with Crippen LogP contribution in [0.2, 0.25) is 5.02 Å². The Labute approximate surface area is 121 Å². The van der Waals surface area contributed by atoms with Crippen LogP contribution in [0, 0.1) is 5.41 Å². The third-order valence-corrected chi connectivity index (χ3v) is 4.96. The highest BCUT2D eigenvalue weighted by molar-refractivity contribution is 6.31. The minimum atomic E-state index is 0.165. The quantitative estimate of drug-likeness (QED) is 0.717. The van der Waals surface area contributed by atoms with Gasteiger partial charge in [-0.2, -0.15) is 0 Å². The third-order valence-electron chi connectivity index (χ3n) is 4.74. The van der Waals surface area contributed by atoms with Gasteiger partial charge in [-0.05, 0) is 54.2 Å². The minimum Gasteiger partial charge on any atom is -0.398 e. The summed E-state index contributed by atoms with van der Waals surface area (Å²) in [5.74, 6) is 0. The van der Waals surface area contributed by atoms with Gasteiger partial charge in [0.15, 0.2) is 0 Å². The molecule has 19 heavy (non-hydrogen) atoms. The molecule has 1 aromatic carbocycles. The van der Waals surface area contributed by atoms with Gasteiger partial charge in [-0.15, -0.1) is 0 Å². The molecule has 0 bridgehead atoms. The van der Waals surface area contributed by atoms with Crippen molar-refractivity contribution in [3.05, 3.63) is 34.9 Å². The van der Waals surface area contributed by atoms with Crippen molar-refractivity contribution >= 4 is 23.4 Å². The first-order chi connectivity index (χ1) is 8.77. The Bertz CT molecular complexity index is 492. The molecule has 0 aromatic heterocycles. The molecule has 0 aliphatic heterocycles. The first-order valence-corrected chi connectivity index (χ1v) is 7.37. The molecule has 1 fully saturated rings. The Morgan fingerprint density at radius 1 is 1.16 bits per heavy atom. The minimum absolute atomic E-state index is 0.165. The maximum atomic E-state index is 6.20. The number of halogens is 1. The number of hydrogen-bond acceptors (Lipinski definition) is 1. The zero-order chi connectivity index (χ0) is 14.3. The monoisotopic (exact) mass is 277 g/mol. The molecule has 0 unspecified atom stereocenters. The molecular weight excluding hydrogens is 254 g/mol. The Kier molecular flexibility index (Phi) is 3.70. The summed E-state index contributed by atoms with van der Waals surface area (Å²) in [6.07, 6.45) is 6.71. The van der Waals surface area contributed by atoms with Crippen molar-refractivity contribution < 1.29 is 0 Å². The van der Waals surface area contributed by atoms with Crippen LogP contribution in [0.5, 0.6) is 0 Å². The van der Waals surface area contributed by atoms with Crippen LogP contribution in [0.25, 0.3) is 6.08 Å². The van der Waals surface area contributed by atoms with Gasteiger partial charge in [0.2, 0.25) is 0 Å². The van der Waals surface area contributed by atoms with Crippen LogP contribution >= 0.6 is 11.6 Å². The summed E-state index contributed by atoms with van der Waals surface area (Å²) in [5, 5.41) is 0.726. The van der Waals surface area contributed by atoms with Gasteiger partial charge in [0.25, 0.3) is 0 Å². The van der Waals surface area contributed by atoms with Crippen molar-refractivity contribution in [3.8, 4) is 0 Å². The van der Waals surface area contributed by atoms with E-state index < -0.39 is 0 Å². The average Bonchev–Trinajstić information content (AvgIpc) is 2.33. The lowest BCUT2D eigenvalue weighted by atomic mass is 9.62. The summed E-state index contributed by atoms with van der Waals surface area (Å²) in [4.78, 5) is 0. The van der Waals surface area contributed by atoms with Crippen LogP contribution in [0.15, 0.2) is 18.7 Å². The Morgan fingerprint density at radius 2 is 1.74 bits per heavy atom. The van der Waals surface area contributed by atoms with E-state index in [1.807, 2.05) is 12.1 Å². The molecule has 2 rings (SSSR count). The molecule has 1 aromatic rings. The number of hydrogen-bond donors (Lipinski definition) is 1. The molecule has 0 atom stereocenters. The molecule has 1 saturated carbocycles. The second-order valence-corrected chi connectivity index (χ2v) is 7.32. The molecule has 1 aliphatic carbocycles. The van der Waals surface area contributed by atoms with Crippen molar-refractivity contribution in [2.45, 2.75) is 51.9 Å². The van der Waals surface area contributed by atoms with Crippen LogP contribution in [0.3, 0.4) is 0 Å². The highest BCUT2D eigenvalue weighted by Gasteiger charge is 2.37. The number of rotatable bonds is 2. The summed E-state index contributed by atoms with van der Waals surface area (Å²) >= 11 is 6.20. The molecule has 1 nitrogen and oxygen atoms in total. The molecule has 104 valence electrons. The van der Waals surface area contributed by atoms with Gasteiger partial charge >= 0.3 is 0 Å². The Hall–Kier alpha value is -0.950. The third kappa shape index (κ3) is 2.81. The first-order valence-electron chi connectivity index (χ1n) is 6.99. The van der Waals surface area contributed by atoms with Crippen LogP contribution in [-0.4, -0.2) is 0 Å². The van der Waals surface area contributed by atoms with Gasteiger partial charge in [0.1, 0.15) is 0 Å². The van der Waals surface area contributed by atoms with Gasteiger partial charge in [-0.3, -0.25) is 0 Å². The van der Waals surface area contributed by atoms with Crippen LogP contribution in [-0.2, 0) is 5.41 Å². The van der Waals surface area contributed by atoms with E-state index in [9.17, 15) is 0 Å². The van der Waals surface area contributed by atoms with Crippen molar-refractivity contribution in [1.82, 2.24) is 0 Å². The zero-order valence-corrected chi connectivity index (χ0v) is 13.0. The van der Waals surface area contributed by atoms with Crippen LogP contribution in [0.1, 0.15) is 57.6 Å². The van der Waals surface area contributed by atoms with Crippen molar-refractivity contribution in [2.24, 2.45) is 5.41 Å². The van der Waals surface area contributed by atoms with E-state index in [1.54, 1.807) is 0 Å². The summed E-state index contributed by atoms with van der Waals surface area (Å²) in [6.45, 7) is 11.0. The summed E-state index contributed by atoms with van der Waals surface area (Å²) in [5.41, 5.74) is 9.78. The molecule has 0 saturated heterocycles. The van der Waals surface area contributed by atoms with Crippen molar-refractivity contribution in [2.75, 3.05) is 5.73 Å². The maximum absolute atomic E-state index is 6.20. The fraction of sp³-hybridized carbons (Fsp3) is 0.529. The maximum Gasteiger partial charge on any atom is 0.0429 e. The lowest BCUT2D eigenvalue weighted by Crippen LogP contribution is -2.33. The molecule has 0 amide bonds. The zero-order valence-electron chi connectivity index (χ0n) is 12.2. The van der Waals surface area contributed by atoms with Crippen LogP contribution in [0.4, 0.5) is 5.69 Å². The lowest BCUT2D eigenvalue weighted by molar-refractivity contribution is 0.173. The van der Waals surface area contributed by atoms with E-state index in [1.165, 1.54) is 31.2 Å². The summed E-state index contributed by atoms with van der Waals surface area (Å²) < 4.78 is 0. The predicted octanol–water partition coefficient (Wildman–Crippen LogP) is 5.42. The fourth-order valence-electron chi connectivity index (χ4n) is 3.11. The number of nitrogens with two attached hydrogens (primary N) is 1. The average molecular weight is 278 g/mol. The van der Waals surface area contributed by atoms with E-state index in [2.05, 4.69) is 33.4 Å². The van der Waals surface area contributed by atoms with Gasteiger partial charge in [0, 0.05) is 16.3 Å². The molecule has 1 aliphatic rings. The normalized spacial score (nSPS) is 21.1. The highest BCUT2D eigenvalue weighted by atomic mass is 35.5. The highest BCUT2D eigenvalue weighted by Crippen LogP contribution is 2.48. The smallest absolute Gasteiger partial charge is 0.0429 e. The van der Waals surface area contributed by atoms with Gasteiger partial charge in [-0.1, -0.05) is 45.0 Å². The van der Waals surface area contributed by atoms with E-state index in [4.69, 9.17) is 17.3 Å². The molecule has 0 spiro atoms. The van der Waals surface area contributed by atoms with E-state index in [0.717, 1.165) is 16.3 Å². The largest absolute Gasteiger partial charge is 0.398 e. The SMILES string of the molecule is C=Cc1c(N)cc(Cl)cc1C1(C)CCC(C)(C)CC1. The second kappa shape index (κ2) is 4.86. The van der Waals surface area contributed by atoms with Crippen molar-refractivity contribution in [3.63, 3.8) is 0 Å². The lowest BCUT2D eigenvalue weighted by Gasteiger charge is -2.42. The Balaban J connectivity index is 2.44. The summed E-state index contributed by atoms with van der Waals surface area (Å²) in [6, 6.07) is 3.89. The standard InChI is InChI=1S/C17H24ClN/c1-5-13-14(10-12(18)11-15(13)19)17(4)8-6-16(2,3)7-9-17/h5,10-11H,1,6-9,19H2,2-4H3. The number of anilines is 1. The molecule has 2 heteroatoms. The number of benzene rings is 1. The molecule has 0 radical (unpaired) electrons. The van der Waals surface area contributed by atoms with E-state index in [-0.39, 0.29) is 5.41 Å². The molecular formula is C17H24ClN. The van der Waals surface area contributed by atoms with Gasteiger partial charge in [-0.25, -0.2) is 0 Å². The Morgan fingerprint density at radius 3 is 2.26 bits per heavy atom.